The van der Waals surface area contributed by atoms with Crippen molar-refractivity contribution in [3.8, 4) is 12.3 Å². The lowest BCUT2D eigenvalue weighted by Crippen LogP contribution is -2.27. The van der Waals surface area contributed by atoms with Gasteiger partial charge in [0, 0.05) is 25.4 Å². The molecule has 4 nitrogen and oxygen atoms in total. The van der Waals surface area contributed by atoms with E-state index in [-0.39, 0.29) is 11.9 Å². The Hall–Kier alpha value is -1.99. The molecular formula is C13H17N3O. The van der Waals surface area contributed by atoms with Crippen molar-refractivity contribution in [1.82, 2.24) is 5.32 Å². The molecule has 0 spiro atoms. The van der Waals surface area contributed by atoms with Crippen LogP contribution in [-0.4, -0.2) is 17.6 Å². The Morgan fingerprint density at radius 3 is 2.76 bits per heavy atom. The number of amidine groups is 1. The summed E-state index contributed by atoms with van der Waals surface area (Å²) in [6, 6.07) is 9.87. The quantitative estimate of drug-likeness (QED) is 0.173. The van der Waals surface area contributed by atoms with Gasteiger partial charge in [-0.3, -0.25) is 0 Å². The maximum absolute atomic E-state index is 8.60. The first-order chi connectivity index (χ1) is 8.27. The summed E-state index contributed by atoms with van der Waals surface area (Å²) in [7, 11) is 0. The van der Waals surface area contributed by atoms with Crippen molar-refractivity contribution >= 4 is 5.84 Å². The Morgan fingerprint density at radius 2 is 2.18 bits per heavy atom. The third-order valence-electron chi connectivity index (χ3n) is 2.40. The molecule has 17 heavy (non-hydrogen) atoms. The van der Waals surface area contributed by atoms with Gasteiger partial charge in [0.1, 0.15) is 5.84 Å². The first-order valence-corrected chi connectivity index (χ1v) is 5.46. The number of hydrogen-bond acceptors (Lipinski definition) is 3. The zero-order valence-electron chi connectivity index (χ0n) is 9.63. The maximum atomic E-state index is 8.60. The van der Waals surface area contributed by atoms with Gasteiger partial charge in [-0.05, 0) is 5.56 Å². The molecule has 1 rings (SSSR count). The van der Waals surface area contributed by atoms with E-state index in [9.17, 15) is 0 Å². The molecule has 0 aliphatic heterocycles. The summed E-state index contributed by atoms with van der Waals surface area (Å²) in [6.07, 6.45) is 6.30. The summed E-state index contributed by atoms with van der Waals surface area (Å²) in [6.45, 7) is 0.703. The first kappa shape index (κ1) is 13.1. The Bertz CT molecular complexity index is 395. The molecule has 0 aliphatic rings. The molecule has 1 aromatic carbocycles. The fourth-order valence-corrected chi connectivity index (χ4v) is 1.56. The van der Waals surface area contributed by atoms with Crippen LogP contribution in [0.2, 0.25) is 0 Å². The molecule has 0 radical (unpaired) electrons. The molecule has 0 fully saturated rings. The van der Waals surface area contributed by atoms with Gasteiger partial charge >= 0.3 is 0 Å². The lowest BCUT2D eigenvalue weighted by Gasteiger charge is -2.17. The van der Waals surface area contributed by atoms with Crippen molar-refractivity contribution in [2.24, 2.45) is 10.9 Å². The molecule has 4 heteroatoms. The molecule has 1 aromatic rings. The van der Waals surface area contributed by atoms with Gasteiger partial charge in [0.15, 0.2) is 0 Å². The van der Waals surface area contributed by atoms with Crippen LogP contribution in [0.25, 0.3) is 0 Å². The van der Waals surface area contributed by atoms with E-state index in [0.29, 0.717) is 19.4 Å². The monoisotopic (exact) mass is 231 g/mol. The van der Waals surface area contributed by atoms with Crippen LogP contribution >= 0.6 is 0 Å². The molecule has 0 saturated carbocycles. The molecule has 4 N–H and O–H groups in total. The number of nitrogens with two attached hydrogens (primary N) is 1. The summed E-state index contributed by atoms with van der Waals surface area (Å²) in [5.41, 5.74) is 6.63. The Balaban J connectivity index is 2.69. The van der Waals surface area contributed by atoms with E-state index in [0.717, 1.165) is 5.56 Å². The van der Waals surface area contributed by atoms with Crippen molar-refractivity contribution in [3.05, 3.63) is 35.9 Å². The van der Waals surface area contributed by atoms with Gasteiger partial charge in [-0.25, -0.2) is 0 Å². The largest absolute Gasteiger partial charge is 0.409 e. The summed E-state index contributed by atoms with van der Waals surface area (Å²) < 4.78 is 0. The minimum absolute atomic E-state index is 0.0143. The molecule has 1 unspecified atom stereocenters. The van der Waals surface area contributed by atoms with Gasteiger partial charge in [0.25, 0.3) is 0 Å². The van der Waals surface area contributed by atoms with Gasteiger partial charge < -0.3 is 16.3 Å². The summed E-state index contributed by atoms with van der Waals surface area (Å²) in [5.74, 6) is 2.77. The fraction of sp³-hybridized carbons (Fsp3) is 0.308. The van der Waals surface area contributed by atoms with E-state index in [4.69, 9.17) is 17.4 Å². The van der Waals surface area contributed by atoms with Crippen LogP contribution in [0.3, 0.4) is 0 Å². The lowest BCUT2D eigenvalue weighted by molar-refractivity contribution is 0.315. The van der Waals surface area contributed by atoms with Gasteiger partial charge in [-0.15, -0.1) is 12.3 Å². The highest BCUT2D eigenvalue weighted by atomic mass is 16.4. The first-order valence-electron chi connectivity index (χ1n) is 5.46. The minimum atomic E-state index is 0.0143. The van der Waals surface area contributed by atoms with Gasteiger partial charge in [-0.2, -0.15) is 0 Å². The Morgan fingerprint density at radius 1 is 1.47 bits per heavy atom. The summed E-state index contributed by atoms with van der Waals surface area (Å²) in [4.78, 5) is 0. The van der Waals surface area contributed by atoms with E-state index >= 15 is 0 Å². The van der Waals surface area contributed by atoms with Crippen molar-refractivity contribution in [3.63, 3.8) is 0 Å². The predicted octanol–water partition coefficient (Wildman–Crippen LogP) is 1.48. The molecule has 0 heterocycles. The second kappa shape index (κ2) is 7.31. The molecule has 0 bridgehead atoms. The normalized spacial score (nSPS) is 13.0. The average Bonchev–Trinajstić information content (AvgIpc) is 2.38. The molecule has 0 saturated heterocycles. The fourth-order valence-electron chi connectivity index (χ4n) is 1.56. The number of rotatable bonds is 6. The topological polar surface area (TPSA) is 70.6 Å². The molecule has 1 atom stereocenters. The number of terminal acetylenes is 1. The summed E-state index contributed by atoms with van der Waals surface area (Å²) >= 11 is 0. The Labute approximate surface area is 102 Å². The van der Waals surface area contributed by atoms with E-state index in [1.165, 1.54) is 0 Å². The van der Waals surface area contributed by atoms with Crippen LogP contribution in [-0.2, 0) is 0 Å². The van der Waals surface area contributed by atoms with Crippen LogP contribution in [0.1, 0.15) is 24.4 Å². The lowest BCUT2D eigenvalue weighted by atomic mass is 10.0. The van der Waals surface area contributed by atoms with E-state index in [2.05, 4.69) is 16.4 Å². The highest BCUT2D eigenvalue weighted by Crippen LogP contribution is 2.16. The SMILES string of the molecule is C#CCCNC(CC(N)=NO)c1ccccc1. The van der Waals surface area contributed by atoms with E-state index in [1.807, 2.05) is 30.3 Å². The number of nitrogens with zero attached hydrogens (tertiary/aromatic N) is 1. The standard InChI is InChI=1S/C13H17N3O/c1-2-3-9-15-12(10-13(14)16-17)11-7-5-4-6-8-11/h1,4-8,12,15,17H,3,9-10H2,(H2,14,16). The van der Waals surface area contributed by atoms with Crippen molar-refractivity contribution < 1.29 is 5.21 Å². The Kier molecular flexibility index (Phi) is 5.62. The zero-order chi connectivity index (χ0) is 12.5. The van der Waals surface area contributed by atoms with Crippen molar-refractivity contribution in [1.29, 1.82) is 0 Å². The molecule has 0 aromatic heterocycles. The zero-order valence-corrected chi connectivity index (χ0v) is 9.63. The highest BCUT2D eigenvalue weighted by Gasteiger charge is 2.12. The molecule has 90 valence electrons. The van der Waals surface area contributed by atoms with E-state index in [1.54, 1.807) is 0 Å². The second-order valence-electron chi connectivity index (χ2n) is 3.67. The third kappa shape index (κ3) is 4.58. The van der Waals surface area contributed by atoms with Crippen LogP contribution in [0, 0.1) is 12.3 Å². The number of benzene rings is 1. The van der Waals surface area contributed by atoms with Crippen LogP contribution < -0.4 is 11.1 Å². The predicted molar refractivity (Wildman–Crippen MR) is 68.7 cm³/mol. The van der Waals surface area contributed by atoms with Gasteiger partial charge in [0.05, 0.1) is 0 Å². The molecule has 0 amide bonds. The van der Waals surface area contributed by atoms with Crippen LogP contribution in [0.4, 0.5) is 0 Å². The maximum Gasteiger partial charge on any atom is 0.141 e. The second-order valence-corrected chi connectivity index (χ2v) is 3.67. The van der Waals surface area contributed by atoms with Gasteiger partial charge in [-0.1, -0.05) is 35.5 Å². The minimum Gasteiger partial charge on any atom is -0.409 e. The van der Waals surface area contributed by atoms with Crippen LogP contribution in [0.15, 0.2) is 35.5 Å². The van der Waals surface area contributed by atoms with E-state index < -0.39 is 0 Å². The van der Waals surface area contributed by atoms with Gasteiger partial charge in [0.2, 0.25) is 0 Å². The smallest absolute Gasteiger partial charge is 0.141 e. The van der Waals surface area contributed by atoms with Crippen LogP contribution in [0.5, 0.6) is 0 Å². The number of hydrogen-bond donors (Lipinski definition) is 3. The third-order valence-corrected chi connectivity index (χ3v) is 2.40. The molecular weight excluding hydrogens is 214 g/mol. The number of nitrogens with one attached hydrogen (secondary N) is 1. The number of oxime groups is 1. The van der Waals surface area contributed by atoms with Crippen molar-refractivity contribution in [2.45, 2.75) is 18.9 Å². The van der Waals surface area contributed by atoms with Crippen molar-refractivity contribution in [2.75, 3.05) is 6.54 Å². The highest BCUT2D eigenvalue weighted by molar-refractivity contribution is 5.80. The average molecular weight is 231 g/mol. The summed E-state index contributed by atoms with van der Waals surface area (Å²) in [5, 5.41) is 14.9. The molecule has 0 aliphatic carbocycles.